The van der Waals surface area contributed by atoms with E-state index in [1.807, 2.05) is 32.0 Å². The summed E-state index contributed by atoms with van der Waals surface area (Å²) >= 11 is 0. The van der Waals surface area contributed by atoms with Crippen LogP contribution in [-0.4, -0.2) is 39.7 Å². The fourth-order valence-electron chi connectivity index (χ4n) is 3.67. The first-order valence-corrected chi connectivity index (χ1v) is 8.99. The zero-order valence-corrected chi connectivity index (χ0v) is 15.5. The van der Waals surface area contributed by atoms with E-state index in [-0.39, 0.29) is 5.56 Å². The summed E-state index contributed by atoms with van der Waals surface area (Å²) in [4.78, 5) is 19.4. The Morgan fingerprint density at radius 1 is 1.27 bits per heavy atom. The predicted molar refractivity (Wildman–Crippen MR) is 101 cm³/mol. The van der Waals surface area contributed by atoms with Gasteiger partial charge in [-0.05, 0) is 44.5 Å². The van der Waals surface area contributed by atoms with E-state index in [0.29, 0.717) is 17.1 Å². The van der Waals surface area contributed by atoms with Gasteiger partial charge in [0.1, 0.15) is 5.75 Å². The molecule has 3 aromatic rings. The standard InChI is InChI=1S/C20H24N4O2/c1-13-14(2)21-19-10-18(22-24(19)20(13)25)16-8-9-23(12-16)11-15-4-6-17(26-3)7-5-15/h4-7,10,16,22H,8-9,11-12H2,1-3H3/t16-/m0/s1. The van der Waals surface area contributed by atoms with Crippen LogP contribution in [0.4, 0.5) is 0 Å². The van der Waals surface area contributed by atoms with Crippen molar-refractivity contribution in [1.82, 2.24) is 19.5 Å². The highest BCUT2D eigenvalue weighted by molar-refractivity contribution is 5.42. The molecule has 1 fully saturated rings. The van der Waals surface area contributed by atoms with Crippen molar-refractivity contribution in [2.24, 2.45) is 0 Å². The number of H-pyrrole nitrogens is 1. The maximum Gasteiger partial charge on any atom is 0.275 e. The van der Waals surface area contributed by atoms with Gasteiger partial charge in [0.2, 0.25) is 0 Å². The molecular formula is C20H24N4O2. The van der Waals surface area contributed by atoms with Crippen LogP contribution in [-0.2, 0) is 6.54 Å². The normalized spacial score (nSPS) is 17.9. The molecule has 26 heavy (non-hydrogen) atoms. The summed E-state index contributed by atoms with van der Waals surface area (Å²) in [7, 11) is 1.68. The highest BCUT2D eigenvalue weighted by atomic mass is 16.5. The fourth-order valence-corrected chi connectivity index (χ4v) is 3.67. The molecule has 1 saturated heterocycles. The molecule has 0 radical (unpaired) electrons. The molecule has 0 spiro atoms. The Morgan fingerprint density at radius 2 is 2.04 bits per heavy atom. The van der Waals surface area contributed by atoms with E-state index in [2.05, 4.69) is 27.1 Å². The molecule has 0 unspecified atom stereocenters. The average Bonchev–Trinajstić information content (AvgIpc) is 3.27. The van der Waals surface area contributed by atoms with Gasteiger partial charge in [-0.3, -0.25) is 14.8 Å². The van der Waals surface area contributed by atoms with Crippen LogP contribution in [0.15, 0.2) is 35.1 Å². The Bertz CT molecular complexity index is 987. The highest BCUT2D eigenvalue weighted by Crippen LogP contribution is 2.28. The maximum absolute atomic E-state index is 12.4. The molecule has 0 saturated carbocycles. The minimum absolute atomic E-state index is 0.00756. The van der Waals surface area contributed by atoms with Gasteiger partial charge < -0.3 is 4.74 Å². The Balaban J connectivity index is 1.50. The van der Waals surface area contributed by atoms with Crippen LogP contribution >= 0.6 is 0 Å². The van der Waals surface area contributed by atoms with E-state index in [0.717, 1.165) is 43.2 Å². The average molecular weight is 352 g/mol. The van der Waals surface area contributed by atoms with E-state index < -0.39 is 0 Å². The molecule has 1 aliphatic rings. The summed E-state index contributed by atoms with van der Waals surface area (Å²) in [6.45, 7) is 6.66. The SMILES string of the molecule is COc1ccc(CN2CC[C@H](c3cc4nc(C)c(C)c(=O)n4[nH]3)C2)cc1. The lowest BCUT2D eigenvalue weighted by Crippen LogP contribution is -2.20. The molecular weight excluding hydrogens is 328 g/mol. The molecule has 3 heterocycles. The molecule has 0 aliphatic carbocycles. The van der Waals surface area contributed by atoms with Crippen LogP contribution in [0.25, 0.3) is 5.65 Å². The maximum atomic E-state index is 12.4. The Kier molecular flexibility index (Phi) is 4.28. The molecule has 1 aliphatic heterocycles. The van der Waals surface area contributed by atoms with Crippen LogP contribution in [0.5, 0.6) is 5.75 Å². The number of nitrogens with one attached hydrogen (secondary N) is 1. The lowest BCUT2D eigenvalue weighted by molar-refractivity contribution is 0.326. The third kappa shape index (κ3) is 3.01. The predicted octanol–water partition coefficient (Wildman–Crippen LogP) is 2.64. The lowest BCUT2D eigenvalue weighted by Gasteiger charge is -2.16. The summed E-state index contributed by atoms with van der Waals surface area (Å²) < 4.78 is 6.79. The van der Waals surface area contributed by atoms with Gasteiger partial charge in [-0.25, -0.2) is 9.50 Å². The molecule has 0 bridgehead atoms. The first kappa shape index (κ1) is 16.8. The number of fused-ring (bicyclic) bond motifs is 1. The van der Waals surface area contributed by atoms with Crippen molar-refractivity contribution >= 4 is 5.65 Å². The topological polar surface area (TPSA) is 62.6 Å². The Morgan fingerprint density at radius 3 is 2.77 bits per heavy atom. The second-order valence-electron chi connectivity index (χ2n) is 7.10. The molecule has 136 valence electrons. The van der Waals surface area contributed by atoms with E-state index in [1.54, 1.807) is 11.6 Å². The summed E-state index contributed by atoms with van der Waals surface area (Å²) in [5.74, 6) is 1.28. The number of nitrogens with zero attached hydrogens (tertiary/aromatic N) is 3. The van der Waals surface area contributed by atoms with Crippen molar-refractivity contribution in [3.05, 3.63) is 63.2 Å². The number of aromatic amines is 1. The number of benzene rings is 1. The van der Waals surface area contributed by atoms with Gasteiger partial charge in [0.25, 0.3) is 5.56 Å². The van der Waals surface area contributed by atoms with Crippen molar-refractivity contribution in [2.75, 3.05) is 20.2 Å². The fraction of sp³-hybridized carbons (Fsp3) is 0.400. The third-order valence-corrected chi connectivity index (χ3v) is 5.38. The molecule has 4 rings (SSSR count). The molecule has 6 heteroatoms. The molecule has 1 aromatic carbocycles. The first-order chi connectivity index (χ1) is 12.5. The highest BCUT2D eigenvalue weighted by Gasteiger charge is 2.26. The van der Waals surface area contributed by atoms with Gasteiger partial charge in [0.15, 0.2) is 5.65 Å². The van der Waals surface area contributed by atoms with Crippen LogP contribution in [0.1, 0.15) is 34.9 Å². The first-order valence-electron chi connectivity index (χ1n) is 8.99. The summed E-state index contributed by atoms with van der Waals surface area (Å²) in [6, 6.07) is 10.3. The lowest BCUT2D eigenvalue weighted by atomic mass is 10.1. The zero-order chi connectivity index (χ0) is 18.3. The van der Waals surface area contributed by atoms with Crippen molar-refractivity contribution in [3.63, 3.8) is 0 Å². The van der Waals surface area contributed by atoms with Gasteiger partial charge in [-0.2, -0.15) is 0 Å². The van der Waals surface area contributed by atoms with Crippen molar-refractivity contribution in [2.45, 2.75) is 32.7 Å². The van der Waals surface area contributed by atoms with Crippen molar-refractivity contribution in [1.29, 1.82) is 0 Å². The van der Waals surface area contributed by atoms with Gasteiger partial charge in [-0.1, -0.05) is 12.1 Å². The quantitative estimate of drug-likeness (QED) is 0.784. The minimum atomic E-state index is -0.00756. The van der Waals surface area contributed by atoms with Gasteiger partial charge in [-0.15, -0.1) is 0 Å². The van der Waals surface area contributed by atoms with Crippen LogP contribution in [0, 0.1) is 13.8 Å². The van der Waals surface area contributed by atoms with Crippen LogP contribution < -0.4 is 10.3 Å². The van der Waals surface area contributed by atoms with Crippen LogP contribution in [0.2, 0.25) is 0 Å². The smallest absolute Gasteiger partial charge is 0.275 e. The third-order valence-electron chi connectivity index (χ3n) is 5.38. The number of hydrogen-bond acceptors (Lipinski definition) is 4. The number of aromatic nitrogens is 3. The van der Waals surface area contributed by atoms with E-state index >= 15 is 0 Å². The van der Waals surface area contributed by atoms with Gasteiger partial charge >= 0.3 is 0 Å². The van der Waals surface area contributed by atoms with E-state index in [1.165, 1.54) is 5.56 Å². The van der Waals surface area contributed by atoms with Gasteiger partial charge in [0.05, 0.1) is 7.11 Å². The zero-order valence-electron chi connectivity index (χ0n) is 15.5. The molecule has 1 atom stereocenters. The number of rotatable bonds is 4. The molecule has 2 aromatic heterocycles. The van der Waals surface area contributed by atoms with E-state index in [9.17, 15) is 4.79 Å². The summed E-state index contributed by atoms with van der Waals surface area (Å²) in [5.41, 5.74) is 4.58. The molecule has 6 nitrogen and oxygen atoms in total. The van der Waals surface area contributed by atoms with Crippen molar-refractivity contribution < 1.29 is 4.74 Å². The largest absolute Gasteiger partial charge is 0.497 e. The summed E-state index contributed by atoms with van der Waals surface area (Å²) in [5, 5.41) is 3.27. The van der Waals surface area contributed by atoms with E-state index in [4.69, 9.17) is 4.74 Å². The number of hydrogen-bond donors (Lipinski definition) is 1. The Hall–Kier alpha value is -2.60. The molecule has 0 amide bonds. The summed E-state index contributed by atoms with van der Waals surface area (Å²) in [6.07, 6.45) is 1.08. The monoisotopic (exact) mass is 352 g/mol. The Labute approximate surface area is 152 Å². The van der Waals surface area contributed by atoms with Crippen molar-refractivity contribution in [3.8, 4) is 5.75 Å². The number of ether oxygens (including phenoxy) is 1. The number of likely N-dealkylation sites (tertiary alicyclic amines) is 1. The number of aryl methyl sites for hydroxylation is 1. The minimum Gasteiger partial charge on any atom is -0.497 e. The molecule has 1 N–H and O–H groups in total. The van der Waals surface area contributed by atoms with Gasteiger partial charge in [0, 0.05) is 42.0 Å². The second-order valence-corrected chi connectivity index (χ2v) is 7.10. The second kappa shape index (κ2) is 6.61. The van der Waals surface area contributed by atoms with Crippen LogP contribution in [0.3, 0.4) is 0 Å². The number of methoxy groups -OCH3 is 1.